The quantitative estimate of drug-likeness (QED) is 0.245. The van der Waals surface area contributed by atoms with Gasteiger partial charge < -0.3 is 20.4 Å². The van der Waals surface area contributed by atoms with Gasteiger partial charge in [-0.15, -0.1) is 0 Å². The van der Waals surface area contributed by atoms with Crippen LogP contribution in [-0.2, 0) is 21.2 Å². The number of carbonyl (C=O) groups excluding carboxylic acids is 1. The predicted molar refractivity (Wildman–Crippen MR) is 154 cm³/mol. The lowest BCUT2D eigenvalue weighted by Gasteiger charge is -2.38. The minimum absolute atomic E-state index is 0.0748. The highest BCUT2D eigenvalue weighted by molar-refractivity contribution is 7.92. The first-order valence-electron chi connectivity index (χ1n) is 13.3. The molecular weight excluding hydrogens is 524 g/mol. The topological polar surface area (TPSA) is 106 Å². The van der Waals surface area contributed by atoms with Crippen LogP contribution in [0.2, 0.25) is 5.02 Å². The number of benzene rings is 2. The van der Waals surface area contributed by atoms with Gasteiger partial charge in [-0.3, -0.25) is 14.8 Å². The van der Waals surface area contributed by atoms with Crippen molar-refractivity contribution in [2.24, 2.45) is 5.92 Å². The van der Waals surface area contributed by atoms with Crippen LogP contribution in [0.1, 0.15) is 18.4 Å². The third-order valence-electron chi connectivity index (χ3n) is 7.15. The van der Waals surface area contributed by atoms with E-state index in [1.54, 1.807) is 6.07 Å². The Balaban J connectivity index is 1.36. The van der Waals surface area contributed by atoms with Gasteiger partial charge in [-0.25, -0.2) is 8.42 Å². The minimum atomic E-state index is -3.39. The van der Waals surface area contributed by atoms with E-state index in [0.29, 0.717) is 55.9 Å². The molecule has 0 spiro atoms. The van der Waals surface area contributed by atoms with E-state index in [2.05, 4.69) is 25.6 Å². The number of rotatable bonds is 11. The molecule has 0 bridgehead atoms. The average molecular weight is 563 g/mol. The van der Waals surface area contributed by atoms with Crippen molar-refractivity contribution in [1.29, 1.82) is 0 Å². The van der Waals surface area contributed by atoms with Crippen molar-refractivity contribution in [2.45, 2.75) is 25.3 Å². The van der Waals surface area contributed by atoms with Crippen LogP contribution < -0.4 is 25.6 Å². The van der Waals surface area contributed by atoms with Gasteiger partial charge in [0.05, 0.1) is 23.7 Å². The smallest absolute Gasteiger partial charge is 0.240 e. The fourth-order valence-corrected chi connectivity index (χ4v) is 5.78. The van der Waals surface area contributed by atoms with E-state index in [-0.39, 0.29) is 11.9 Å². The van der Waals surface area contributed by atoms with Crippen LogP contribution >= 0.6 is 11.6 Å². The molecule has 4 rings (SSSR count). The normalized spacial score (nSPS) is 17.8. The number of hydrogen-bond donors (Lipinski definition) is 4. The number of anilines is 2. The molecule has 1 atom stereocenters. The molecule has 1 amide bonds. The van der Waals surface area contributed by atoms with Gasteiger partial charge in [0.2, 0.25) is 15.9 Å². The Morgan fingerprint density at radius 2 is 1.74 bits per heavy atom. The van der Waals surface area contributed by atoms with Crippen LogP contribution in [0, 0.1) is 5.92 Å². The Morgan fingerprint density at radius 3 is 2.42 bits per heavy atom. The predicted octanol–water partition coefficient (Wildman–Crippen LogP) is 2.11. The minimum Gasteiger partial charge on any atom is -0.366 e. The summed E-state index contributed by atoms with van der Waals surface area (Å²) in [6.07, 6.45) is 4.07. The number of halogens is 1. The first kappa shape index (κ1) is 28.6. The number of hydrogen-bond acceptors (Lipinski definition) is 7. The molecule has 0 saturated carbocycles. The van der Waals surface area contributed by atoms with Crippen molar-refractivity contribution in [3.05, 3.63) is 59.1 Å². The van der Waals surface area contributed by atoms with Crippen molar-refractivity contribution in [2.75, 3.05) is 68.4 Å². The van der Waals surface area contributed by atoms with Gasteiger partial charge in [0.15, 0.2) is 0 Å². The second-order valence-corrected chi connectivity index (χ2v) is 12.3. The lowest BCUT2D eigenvalue weighted by molar-refractivity contribution is -0.133. The van der Waals surface area contributed by atoms with Crippen LogP contribution in [-0.4, -0.2) is 84.0 Å². The number of para-hydroxylation sites is 2. The molecule has 38 heavy (non-hydrogen) atoms. The van der Waals surface area contributed by atoms with Gasteiger partial charge >= 0.3 is 0 Å². The lowest BCUT2D eigenvalue weighted by Crippen LogP contribution is -2.56. The van der Waals surface area contributed by atoms with Gasteiger partial charge in [-0.1, -0.05) is 35.9 Å². The highest BCUT2D eigenvalue weighted by Gasteiger charge is 2.28. The van der Waals surface area contributed by atoms with Crippen molar-refractivity contribution < 1.29 is 13.2 Å². The first-order valence-corrected chi connectivity index (χ1v) is 15.6. The monoisotopic (exact) mass is 562 g/mol. The van der Waals surface area contributed by atoms with Crippen molar-refractivity contribution in [1.82, 2.24) is 20.9 Å². The fourth-order valence-electron chi connectivity index (χ4n) is 5.08. The maximum atomic E-state index is 13.7. The van der Waals surface area contributed by atoms with Crippen LogP contribution in [0.4, 0.5) is 11.4 Å². The molecule has 0 radical (unpaired) electrons. The Morgan fingerprint density at radius 1 is 1.05 bits per heavy atom. The number of piperazine rings is 1. The van der Waals surface area contributed by atoms with E-state index in [0.717, 1.165) is 37.1 Å². The Labute approximate surface area is 231 Å². The average Bonchev–Trinajstić information content (AvgIpc) is 2.91. The van der Waals surface area contributed by atoms with Crippen LogP contribution in [0.3, 0.4) is 0 Å². The zero-order valence-electron chi connectivity index (χ0n) is 22.0. The molecule has 2 aromatic carbocycles. The van der Waals surface area contributed by atoms with E-state index in [4.69, 9.17) is 11.6 Å². The molecule has 208 valence electrons. The van der Waals surface area contributed by atoms with Crippen LogP contribution in [0.15, 0.2) is 48.5 Å². The SMILES string of the molecule is CS(=O)(=O)Nc1ccccc1N1CCN(C(=O)[C@@H](Cc2ccc(Cl)cc2)NCNCC2CCNCC2)CC1. The number of piperidine rings is 1. The van der Waals surface area contributed by atoms with Crippen LogP contribution in [0.25, 0.3) is 0 Å². The molecule has 2 aromatic rings. The van der Waals surface area contributed by atoms with E-state index < -0.39 is 10.0 Å². The number of amides is 1. The van der Waals surface area contributed by atoms with Gasteiger partial charge in [0, 0.05) is 37.9 Å². The van der Waals surface area contributed by atoms with E-state index in [1.807, 2.05) is 47.4 Å². The van der Waals surface area contributed by atoms with Gasteiger partial charge in [0.1, 0.15) is 0 Å². The maximum absolute atomic E-state index is 13.7. The molecule has 4 N–H and O–H groups in total. The number of nitrogens with zero attached hydrogens (tertiary/aromatic N) is 2. The number of carbonyl (C=O) groups is 1. The molecule has 0 unspecified atom stereocenters. The second-order valence-electron chi connectivity index (χ2n) is 10.1. The molecule has 9 nitrogen and oxygen atoms in total. The van der Waals surface area contributed by atoms with Gasteiger partial charge in [-0.05, 0) is 74.6 Å². The van der Waals surface area contributed by atoms with Crippen molar-refractivity contribution in [3.63, 3.8) is 0 Å². The second kappa shape index (κ2) is 13.6. The summed E-state index contributed by atoms with van der Waals surface area (Å²) in [5.74, 6) is 0.738. The number of sulfonamides is 1. The summed E-state index contributed by atoms with van der Waals surface area (Å²) < 4.78 is 26.2. The summed E-state index contributed by atoms with van der Waals surface area (Å²) >= 11 is 6.07. The Kier molecular flexibility index (Phi) is 10.3. The molecule has 0 aliphatic carbocycles. The summed E-state index contributed by atoms with van der Waals surface area (Å²) in [6, 6.07) is 14.7. The zero-order chi connectivity index (χ0) is 27.0. The molecule has 2 heterocycles. The molecule has 0 aromatic heterocycles. The molecule has 2 fully saturated rings. The summed E-state index contributed by atoms with van der Waals surface area (Å²) in [5, 5.41) is 11.0. The van der Waals surface area contributed by atoms with E-state index in [1.165, 1.54) is 12.8 Å². The van der Waals surface area contributed by atoms with Crippen molar-refractivity contribution in [3.8, 4) is 0 Å². The fraction of sp³-hybridized carbons (Fsp3) is 0.519. The zero-order valence-corrected chi connectivity index (χ0v) is 23.5. The van der Waals surface area contributed by atoms with Crippen molar-refractivity contribution >= 4 is 38.9 Å². The highest BCUT2D eigenvalue weighted by atomic mass is 35.5. The van der Waals surface area contributed by atoms with Gasteiger partial charge in [-0.2, -0.15) is 0 Å². The lowest BCUT2D eigenvalue weighted by atomic mass is 9.98. The van der Waals surface area contributed by atoms with E-state index >= 15 is 0 Å². The summed E-state index contributed by atoms with van der Waals surface area (Å²) in [5.41, 5.74) is 2.43. The largest absolute Gasteiger partial charge is 0.366 e. The first-order chi connectivity index (χ1) is 18.3. The van der Waals surface area contributed by atoms with E-state index in [9.17, 15) is 13.2 Å². The van der Waals surface area contributed by atoms with Gasteiger partial charge in [0.25, 0.3) is 0 Å². The molecule has 11 heteroatoms. The summed E-state index contributed by atoms with van der Waals surface area (Å²) in [7, 11) is -3.39. The van der Waals surface area contributed by atoms with Crippen LogP contribution in [0.5, 0.6) is 0 Å². The molecule has 2 aliphatic rings. The summed E-state index contributed by atoms with van der Waals surface area (Å²) in [4.78, 5) is 17.7. The number of nitrogens with one attached hydrogen (secondary N) is 4. The molecule has 2 saturated heterocycles. The Hall–Kier alpha value is -2.37. The standard InChI is InChI=1S/C27H39ClN6O3S/c1-38(36,37)32-24-4-2-3-5-26(24)33-14-16-34(17-15-33)27(35)25(18-21-6-8-23(28)9-7-21)31-20-30-19-22-10-12-29-13-11-22/h2-9,22,25,29-32H,10-20H2,1H3/t25-/m1/s1. The molecular formula is C27H39ClN6O3S. The maximum Gasteiger partial charge on any atom is 0.240 e. The highest BCUT2D eigenvalue weighted by Crippen LogP contribution is 2.27. The third kappa shape index (κ3) is 8.57. The Bertz CT molecular complexity index is 1150. The summed E-state index contributed by atoms with van der Waals surface area (Å²) in [6.45, 7) is 6.01. The molecule has 2 aliphatic heterocycles. The third-order valence-corrected chi connectivity index (χ3v) is 7.99.